The third-order valence-corrected chi connectivity index (χ3v) is 4.82. The zero-order chi connectivity index (χ0) is 21.0. The zero-order valence-corrected chi connectivity index (χ0v) is 17.7. The van der Waals surface area contributed by atoms with E-state index in [4.69, 9.17) is 4.74 Å². The summed E-state index contributed by atoms with van der Waals surface area (Å²) in [5.74, 6) is 2.15. The SMILES string of the molecule is Cc1nc(C(C)C)ccc1C(=O)Nc1ccc(Oc2cccc(C(C)C)c2)cc1. The summed E-state index contributed by atoms with van der Waals surface area (Å²) in [6.45, 7) is 10.4. The number of benzene rings is 2. The number of pyridine rings is 1. The van der Waals surface area contributed by atoms with Gasteiger partial charge in [0.2, 0.25) is 0 Å². The Kier molecular flexibility index (Phi) is 6.32. The normalized spacial score (nSPS) is 11.0. The van der Waals surface area contributed by atoms with Crippen molar-refractivity contribution in [3.63, 3.8) is 0 Å². The summed E-state index contributed by atoms with van der Waals surface area (Å²) < 4.78 is 5.95. The van der Waals surface area contributed by atoms with Crippen molar-refractivity contribution >= 4 is 11.6 Å². The van der Waals surface area contributed by atoms with Gasteiger partial charge in [0.15, 0.2) is 0 Å². The molecule has 0 atom stereocenters. The molecule has 1 heterocycles. The van der Waals surface area contributed by atoms with E-state index >= 15 is 0 Å². The van der Waals surface area contributed by atoms with Crippen LogP contribution in [0.1, 0.15) is 66.8 Å². The lowest BCUT2D eigenvalue weighted by Gasteiger charge is -2.12. The highest BCUT2D eigenvalue weighted by Gasteiger charge is 2.12. The lowest BCUT2D eigenvalue weighted by Crippen LogP contribution is -2.14. The second-order valence-electron chi connectivity index (χ2n) is 7.83. The van der Waals surface area contributed by atoms with Crippen molar-refractivity contribution in [3.05, 3.63) is 83.2 Å². The van der Waals surface area contributed by atoms with Crippen molar-refractivity contribution in [1.82, 2.24) is 4.98 Å². The van der Waals surface area contributed by atoms with E-state index < -0.39 is 0 Å². The summed E-state index contributed by atoms with van der Waals surface area (Å²) in [7, 11) is 0. The van der Waals surface area contributed by atoms with Crippen LogP contribution in [-0.4, -0.2) is 10.9 Å². The number of hydrogen-bond acceptors (Lipinski definition) is 3. The molecule has 1 amide bonds. The molecule has 4 nitrogen and oxygen atoms in total. The quantitative estimate of drug-likeness (QED) is 0.512. The van der Waals surface area contributed by atoms with Gasteiger partial charge < -0.3 is 10.1 Å². The molecule has 0 unspecified atom stereocenters. The Morgan fingerprint density at radius 3 is 2.24 bits per heavy atom. The van der Waals surface area contributed by atoms with E-state index in [9.17, 15) is 4.79 Å². The fraction of sp³-hybridized carbons (Fsp3) is 0.280. The van der Waals surface area contributed by atoms with Crippen molar-refractivity contribution in [2.45, 2.75) is 46.5 Å². The van der Waals surface area contributed by atoms with Gasteiger partial charge in [0, 0.05) is 11.4 Å². The number of ether oxygens (including phenoxy) is 1. The molecule has 3 aromatic rings. The Bertz CT molecular complexity index is 992. The molecule has 0 aliphatic heterocycles. The van der Waals surface area contributed by atoms with Gasteiger partial charge in [0.1, 0.15) is 11.5 Å². The lowest BCUT2D eigenvalue weighted by atomic mass is 10.0. The zero-order valence-electron chi connectivity index (χ0n) is 17.7. The van der Waals surface area contributed by atoms with Gasteiger partial charge in [0.25, 0.3) is 5.91 Å². The van der Waals surface area contributed by atoms with Crippen LogP contribution in [-0.2, 0) is 0 Å². The Hall–Kier alpha value is -3.14. The van der Waals surface area contributed by atoms with E-state index in [1.807, 2.05) is 55.5 Å². The number of hydrogen-bond donors (Lipinski definition) is 1. The van der Waals surface area contributed by atoms with Crippen LogP contribution in [0.5, 0.6) is 11.5 Å². The Balaban J connectivity index is 1.67. The van der Waals surface area contributed by atoms with Crippen LogP contribution >= 0.6 is 0 Å². The first-order valence-corrected chi connectivity index (χ1v) is 10.00. The minimum atomic E-state index is -0.163. The average Bonchev–Trinajstić information content (AvgIpc) is 2.69. The van der Waals surface area contributed by atoms with Gasteiger partial charge in [-0.05, 0) is 72.9 Å². The maximum atomic E-state index is 12.6. The molecule has 4 heteroatoms. The molecule has 0 spiro atoms. The van der Waals surface area contributed by atoms with E-state index in [0.717, 1.165) is 22.9 Å². The fourth-order valence-corrected chi connectivity index (χ4v) is 3.02. The molecule has 0 saturated heterocycles. The van der Waals surface area contributed by atoms with Gasteiger partial charge in [-0.15, -0.1) is 0 Å². The highest BCUT2D eigenvalue weighted by Crippen LogP contribution is 2.26. The van der Waals surface area contributed by atoms with Crippen LogP contribution in [0.25, 0.3) is 0 Å². The number of nitrogens with one attached hydrogen (secondary N) is 1. The molecule has 0 aliphatic rings. The van der Waals surface area contributed by atoms with Gasteiger partial charge in [-0.1, -0.05) is 39.8 Å². The van der Waals surface area contributed by atoms with Crippen LogP contribution in [0.15, 0.2) is 60.7 Å². The second kappa shape index (κ2) is 8.91. The van der Waals surface area contributed by atoms with Crippen LogP contribution in [0.2, 0.25) is 0 Å². The summed E-state index contributed by atoms with van der Waals surface area (Å²) in [4.78, 5) is 17.1. The number of aryl methyl sites for hydroxylation is 1. The highest BCUT2D eigenvalue weighted by atomic mass is 16.5. The molecule has 150 valence electrons. The lowest BCUT2D eigenvalue weighted by molar-refractivity contribution is 0.102. The summed E-state index contributed by atoms with van der Waals surface area (Å²) in [5.41, 5.74) is 4.26. The van der Waals surface area contributed by atoms with E-state index in [2.05, 4.69) is 50.1 Å². The minimum absolute atomic E-state index is 0.163. The van der Waals surface area contributed by atoms with E-state index in [1.54, 1.807) is 0 Å². The van der Waals surface area contributed by atoms with Crippen LogP contribution in [0.3, 0.4) is 0 Å². The average molecular weight is 389 g/mol. The van der Waals surface area contributed by atoms with Crippen LogP contribution in [0, 0.1) is 6.92 Å². The molecular formula is C25H28N2O2. The molecular weight excluding hydrogens is 360 g/mol. The monoisotopic (exact) mass is 388 g/mol. The molecule has 0 radical (unpaired) electrons. The summed E-state index contributed by atoms with van der Waals surface area (Å²) in [6, 6.07) is 19.2. The number of anilines is 1. The Labute approximate surface area is 173 Å². The van der Waals surface area contributed by atoms with Gasteiger partial charge in [0.05, 0.1) is 11.3 Å². The maximum absolute atomic E-state index is 12.6. The number of carbonyl (C=O) groups is 1. The minimum Gasteiger partial charge on any atom is -0.457 e. The van der Waals surface area contributed by atoms with Gasteiger partial charge >= 0.3 is 0 Å². The van der Waals surface area contributed by atoms with Crippen molar-refractivity contribution in [2.75, 3.05) is 5.32 Å². The molecule has 3 rings (SSSR count). The van der Waals surface area contributed by atoms with Crippen molar-refractivity contribution in [3.8, 4) is 11.5 Å². The molecule has 0 bridgehead atoms. The van der Waals surface area contributed by atoms with Crippen molar-refractivity contribution < 1.29 is 9.53 Å². The number of aromatic nitrogens is 1. The Morgan fingerprint density at radius 1 is 0.897 bits per heavy atom. The molecule has 0 saturated carbocycles. The fourth-order valence-electron chi connectivity index (χ4n) is 3.02. The first-order valence-electron chi connectivity index (χ1n) is 10.00. The van der Waals surface area contributed by atoms with E-state index in [-0.39, 0.29) is 5.91 Å². The predicted octanol–water partition coefficient (Wildman–Crippen LogP) is 6.68. The maximum Gasteiger partial charge on any atom is 0.257 e. The highest BCUT2D eigenvalue weighted by molar-refractivity contribution is 6.05. The number of nitrogens with zero attached hydrogens (tertiary/aromatic N) is 1. The summed E-state index contributed by atoms with van der Waals surface area (Å²) in [5, 5.41) is 2.93. The number of amides is 1. The van der Waals surface area contributed by atoms with Crippen molar-refractivity contribution in [2.24, 2.45) is 0 Å². The molecule has 2 aromatic carbocycles. The van der Waals surface area contributed by atoms with Crippen LogP contribution in [0.4, 0.5) is 5.69 Å². The summed E-state index contributed by atoms with van der Waals surface area (Å²) in [6.07, 6.45) is 0. The van der Waals surface area contributed by atoms with Gasteiger partial charge in [-0.3, -0.25) is 9.78 Å². The molecule has 29 heavy (non-hydrogen) atoms. The third kappa shape index (κ3) is 5.23. The standard InChI is InChI=1S/C25H28N2O2/c1-16(2)19-7-6-8-22(15-19)29-21-11-9-20(10-12-21)27-25(28)23-13-14-24(17(3)4)26-18(23)5/h6-17H,1-5H3,(H,27,28). The molecule has 1 aromatic heterocycles. The van der Waals surface area contributed by atoms with Crippen molar-refractivity contribution in [1.29, 1.82) is 0 Å². The predicted molar refractivity (Wildman–Crippen MR) is 118 cm³/mol. The van der Waals surface area contributed by atoms with Crippen LogP contribution < -0.4 is 10.1 Å². The number of carbonyl (C=O) groups excluding carboxylic acids is 1. The van der Waals surface area contributed by atoms with Gasteiger partial charge in [-0.2, -0.15) is 0 Å². The number of rotatable bonds is 6. The largest absolute Gasteiger partial charge is 0.457 e. The Morgan fingerprint density at radius 2 is 1.62 bits per heavy atom. The second-order valence-corrected chi connectivity index (χ2v) is 7.83. The summed E-state index contributed by atoms with van der Waals surface area (Å²) >= 11 is 0. The van der Waals surface area contributed by atoms with E-state index in [0.29, 0.717) is 23.1 Å². The first kappa shape index (κ1) is 20.6. The third-order valence-electron chi connectivity index (χ3n) is 4.82. The first-order chi connectivity index (χ1) is 13.8. The molecule has 0 aliphatic carbocycles. The molecule has 0 fully saturated rings. The molecule has 1 N–H and O–H groups in total. The van der Waals surface area contributed by atoms with Gasteiger partial charge in [-0.25, -0.2) is 0 Å². The smallest absolute Gasteiger partial charge is 0.257 e. The topological polar surface area (TPSA) is 51.2 Å². The van der Waals surface area contributed by atoms with E-state index in [1.165, 1.54) is 5.56 Å².